The van der Waals surface area contributed by atoms with Crippen molar-refractivity contribution in [2.75, 3.05) is 6.54 Å². The number of hydrogen-bond acceptors (Lipinski definition) is 1. The van der Waals surface area contributed by atoms with Gasteiger partial charge in [0.25, 0.3) is 0 Å². The highest BCUT2D eigenvalue weighted by molar-refractivity contribution is 5.47. The third-order valence-electron chi connectivity index (χ3n) is 4.83. The zero-order valence-electron chi connectivity index (χ0n) is 14.0. The second-order valence-corrected chi connectivity index (χ2v) is 6.67. The molecule has 0 saturated carbocycles. The number of rotatable bonds is 4. The van der Waals surface area contributed by atoms with Crippen LogP contribution < -0.4 is 0 Å². The number of aromatic nitrogens is 1. The highest BCUT2D eigenvalue weighted by Crippen LogP contribution is 2.24. The normalized spacial score (nSPS) is 15.1. The molecular weight excluding hydrogens is 268 g/mol. The van der Waals surface area contributed by atoms with E-state index < -0.39 is 0 Å². The van der Waals surface area contributed by atoms with Crippen molar-refractivity contribution in [3.63, 3.8) is 0 Å². The summed E-state index contributed by atoms with van der Waals surface area (Å²) in [5.41, 5.74) is 6.92. The average Bonchev–Trinajstić information content (AvgIpc) is 2.87. The molecule has 0 N–H and O–H groups in total. The maximum absolute atomic E-state index is 4.22. The van der Waals surface area contributed by atoms with Crippen molar-refractivity contribution >= 4 is 5.70 Å². The van der Waals surface area contributed by atoms with Crippen LogP contribution in [0.4, 0.5) is 0 Å². The lowest BCUT2D eigenvalue weighted by atomic mass is 9.99. The van der Waals surface area contributed by atoms with Crippen molar-refractivity contribution in [2.45, 2.75) is 40.3 Å². The summed E-state index contributed by atoms with van der Waals surface area (Å²) in [5, 5.41) is 0. The van der Waals surface area contributed by atoms with E-state index in [0.717, 1.165) is 26.1 Å². The van der Waals surface area contributed by atoms with Crippen molar-refractivity contribution in [2.24, 2.45) is 5.92 Å². The van der Waals surface area contributed by atoms with Gasteiger partial charge in [0.15, 0.2) is 0 Å². The summed E-state index contributed by atoms with van der Waals surface area (Å²) in [6.07, 6.45) is 3.33. The molecule has 0 atom stereocenters. The first-order chi connectivity index (χ1) is 10.6. The van der Waals surface area contributed by atoms with Crippen molar-refractivity contribution in [3.8, 4) is 0 Å². The smallest absolute Gasteiger partial charge is 0.0255 e. The summed E-state index contributed by atoms with van der Waals surface area (Å²) in [6, 6.07) is 11.1. The van der Waals surface area contributed by atoms with Crippen LogP contribution in [0.25, 0.3) is 5.70 Å². The maximum Gasteiger partial charge on any atom is 0.0255 e. The number of allylic oxidation sites excluding steroid dienone is 1. The van der Waals surface area contributed by atoms with Crippen molar-refractivity contribution in [1.29, 1.82) is 0 Å². The molecule has 1 aliphatic heterocycles. The van der Waals surface area contributed by atoms with E-state index in [4.69, 9.17) is 0 Å². The lowest BCUT2D eigenvalue weighted by Gasteiger charge is -2.28. The fraction of sp³-hybridized carbons (Fsp3) is 0.400. The van der Waals surface area contributed by atoms with Gasteiger partial charge in [-0.15, -0.1) is 0 Å². The van der Waals surface area contributed by atoms with Crippen LogP contribution in [0, 0.1) is 12.8 Å². The Morgan fingerprint density at radius 1 is 1.18 bits per heavy atom. The van der Waals surface area contributed by atoms with Gasteiger partial charge in [-0.1, -0.05) is 44.7 Å². The molecule has 1 aromatic carbocycles. The third kappa shape index (κ3) is 2.89. The van der Waals surface area contributed by atoms with Crippen molar-refractivity contribution < 1.29 is 0 Å². The first-order valence-electron chi connectivity index (χ1n) is 8.21. The monoisotopic (exact) mass is 294 g/mol. The van der Waals surface area contributed by atoms with Crippen LogP contribution in [0.15, 0.2) is 43.1 Å². The van der Waals surface area contributed by atoms with Crippen LogP contribution in [-0.4, -0.2) is 16.0 Å². The number of nitrogens with zero attached hydrogens (tertiary/aromatic N) is 2. The quantitative estimate of drug-likeness (QED) is 0.807. The lowest BCUT2D eigenvalue weighted by molar-refractivity contribution is 0.245. The Labute approximate surface area is 134 Å². The van der Waals surface area contributed by atoms with E-state index in [9.17, 15) is 0 Å². The summed E-state index contributed by atoms with van der Waals surface area (Å²) >= 11 is 0. The SMILES string of the molecule is C=C(C(C)C)n1ccc(CN2CCc3ccccc3C2)c1C. The van der Waals surface area contributed by atoms with E-state index in [1.165, 1.54) is 28.1 Å². The molecule has 2 nitrogen and oxygen atoms in total. The molecule has 0 saturated heterocycles. The van der Waals surface area contributed by atoms with Crippen LogP contribution in [0.1, 0.15) is 36.2 Å². The largest absolute Gasteiger partial charge is 0.325 e. The van der Waals surface area contributed by atoms with Gasteiger partial charge in [0.2, 0.25) is 0 Å². The molecule has 0 fully saturated rings. The minimum Gasteiger partial charge on any atom is -0.325 e. The van der Waals surface area contributed by atoms with Gasteiger partial charge < -0.3 is 4.57 Å². The standard InChI is InChI=1S/C20H26N2/c1-15(2)16(3)22-12-10-19(17(22)4)13-21-11-9-18-7-5-6-8-20(18)14-21/h5-8,10,12,15H,3,9,11,13-14H2,1-2,4H3. The molecule has 116 valence electrons. The molecule has 1 aromatic heterocycles. The van der Waals surface area contributed by atoms with Gasteiger partial charge in [0.05, 0.1) is 0 Å². The van der Waals surface area contributed by atoms with E-state index in [1.54, 1.807) is 0 Å². The minimum atomic E-state index is 0.473. The molecule has 2 heteroatoms. The molecule has 2 aromatic rings. The molecule has 22 heavy (non-hydrogen) atoms. The first-order valence-corrected chi connectivity index (χ1v) is 8.21. The predicted octanol–water partition coefficient (Wildman–Crippen LogP) is 4.48. The summed E-state index contributed by atoms with van der Waals surface area (Å²) in [6.45, 7) is 14.1. The van der Waals surface area contributed by atoms with Gasteiger partial charge in [0.1, 0.15) is 0 Å². The Kier molecular flexibility index (Phi) is 4.21. The molecule has 0 radical (unpaired) electrons. The second kappa shape index (κ2) is 6.13. The summed E-state index contributed by atoms with van der Waals surface area (Å²) in [5.74, 6) is 0.473. The van der Waals surface area contributed by atoms with Gasteiger partial charge in [-0.25, -0.2) is 0 Å². The van der Waals surface area contributed by atoms with Crippen LogP contribution in [0.2, 0.25) is 0 Å². The molecule has 0 spiro atoms. The second-order valence-electron chi connectivity index (χ2n) is 6.67. The Morgan fingerprint density at radius 2 is 1.91 bits per heavy atom. The molecule has 3 rings (SSSR count). The van der Waals surface area contributed by atoms with Gasteiger partial charge in [-0.05, 0) is 42.0 Å². The zero-order valence-corrected chi connectivity index (χ0v) is 14.0. The Bertz CT molecular complexity index is 679. The molecule has 0 unspecified atom stereocenters. The van der Waals surface area contributed by atoms with Crippen molar-refractivity contribution in [1.82, 2.24) is 9.47 Å². The predicted molar refractivity (Wildman–Crippen MR) is 93.6 cm³/mol. The Balaban J connectivity index is 1.74. The van der Waals surface area contributed by atoms with E-state index >= 15 is 0 Å². The van der Waals surface area contributed by atoms with Crippen LogP contribution in [0.5, 0.6) is 0 Å². The number of benzene rings is 1. The van der Waals surface area contributed by atoms with E-state index in [1.807, 2.05) is 0 Å². The minimum absolute atomic E-state index is 0.473. The van der Waals surface area contributed by atoms with Crippen LogP contribution >= 0.6 is 0 Å². The number of fused-ring (bicyclic) bond motifs is 1. The zero-order chi connectivity index (χ0) is 15.7. The van der Waals surface area contributed by atoms with Crippen LogP contribution in [-0.2, 0) is 19.5 Å². The van der Waals surface area contributed by atoms with Crippen molar-refractivity contribution in [3.05, 3.63) is 65.5 Å². The lowest BCUT2D eigenvalue weighted by Crippen LogP contribution is -2.30. The molecule has 1 aliphatic rings. The topological polar surface area (TPSA) is 8.17 Å². The highest BCUT2D eigenvalue weighted by atomic mass is 15.1. The Morgan fingerprint density at radius 3 is 2.64 bits per heavy atom. The Hall–Kier alpha value is -1.80. The molecule has 2 heterocycles. The molecule has 0 amide bonds. The van der Waals surface area contributed by atoms with Gasteiger partial charge in [0, 0.05) is 37.2 Å². The van der Waals surface area contributed by atoms with E-state index in [-0.39, 0.29) is 0 Å². The number of hydrogen-bond donors (Lipinski definition) is 0. The first kappa shape index (κ1) is 15.1. The average molecular weight is 294 g/mol. The summed E-state index contributed by atoms with van der Waals surface area (Å²) in [7, 11) is 0. The van der Waals surface area contributed by atoms with Crippen LogP contribution in [0.3, 0.4) is 0 Å². The fourth-order valence-corrected chi connectivity index (χ4v) is 3.24. The third-order valence-corrected chi connectivity index (χ3v) is 4.83. The van der Waals surface area contributed by atoms with E-state index in [2.05, 4.69) is 73.3 Å². The highest BCUT2D eigenvalue weighted by Gasteiger charge is 2.18. The molecule has 0 aliphatic carbocycles. The molecule has 0 bridgehead atoms. The maximum atomic E-state index is 4.22. The van der Waals surface area contributed by atoms with Gasteiger partial charge >= 0.3 is 0 Å². The summed E-state index contributed by atoms with van der Waals surface area (Å²) < 4.78 is 2.25. The van der Waals surface area contributed by atoms with Gasteiger partial charge in [-0.3, -0.25) is 4.90 Å². The fourth-order valence-electron chi connectivity index (χ4n) is 3.24. The summed E-state index contributed by atoms with van der Waals surface area (Å²) in [4.78, 5) is 2.55. The molecular formula is C20H26N2. The van der Waals surface area contributed by atoms with E-state index in [0.29, 0.717) is 5.92 Å². The van der Waals surface area contributed by atoms with Gasteiger partial charge in [-0.2, -0.15) is 0 Å².